The molecule has 19 heavy (non-hydrogen) atoms. The number of anilines is 1. The summed E-state index contributed by atoms with van der Waals surface area (Å²) in [6.45, 7) is 3.34. The van der Waals surface area contributed by atoms with E-state index in [1.165, 1.54) is 23.5 Å². The largest absolute Gasteiger partial charge is 0.370 e. The average molecular weight is 253 g/mol. The second-order valence-electron chi connectivity index (χ2n) is 5.86. The lowest BCUT2D eigenvalue weighted by Crippen LogP contribution is -2.24. The topological polar surface area (TPSA) is 29.9 Å². The lowest BCUT2D eigenvalue weighted by atomic mass is 10.0. The molecule has 2 aromatic rings. The maximum atomic E-state index is 4.88. The lowest BCUT2D eigenvalue weighted by Gasteiger charge is -2.25. The van der Waals surface area contributed by atoms with Crippen molar-refractivity contribution in [2.75, 3.05) is 11.9 Å². The number of aromatic nitrogens is 2. The Bertz CT molecular complexity index is 587. The fraction of sp³-hybridized carbons (Fsp3) is 0.438. The molecule has 0 saturated heterocycles. The van der Waals surface area contributed by atoms with Gasteiger partial charge in [0.25, 0.3) is 0 Å². The third kappa shape index (κ3) is 1.84. The van der Waals surface area contributed by atoms with Crippen LogP contribution >= 0.6 is 0 Å². The van der Waals surface area contributed by atoms with Gasteiger partial charge >= 0.3 is 0 Å². The highest BCUT2D eigenvalue weighted by atomic mass is 15.4. The van der Waals surface area contributed by atoms with Crippen LogP contribution < -0.4 is 5.32 Å². The van der Waals surface area contributed by atoms with Gasteiger partial charge in [0.15, 0.2) is 0 Å². The summed E-state index contributed by atoms with van der Waals surface area (Å²) in [5.74, 6) is 2.69. The van der Waals surface area contributed by atoms with E-state index >= 15 is 0 Å². The number of hydrogen-bond donors (Lipinski definition) is 1. The molecule has 0 radical (unpaired) electrons. The van der Waals surface area contributed by atoms with E-state index in [1.54, 1.807) is 0 Å². The third-order valence-electron chi connectivity index (χ3n) is 4.45. The van der Waals surface area contributed by atoms with E-state index in [9.17, 15) is 0 Å². The highest BCUT2D eigenvalue weighted by Crippen LogP contribution is 2.47. The molecule has 4 rings (SSSR count). The molecule has 2 aliphatic rings. The highest BCUT2D eigenvalue weighted by Gasteiger charge is 2.37. The van der Waals surface area contributed by atoms with Crippen LogP contribution in [0.4, 0.5) is 5.82 Å². The predicted octanol–water partition coefficient (Wildman–Crippen LogP) is 3.41. The monoisotopic (exact) mass is 253 g/mol. The summed E-state index contributed by atoms with van der Waals surface area (Å²) in [5, 5.41) is 8.36. The molecule has 1 aromatic carbocycles. The molecule has 3 atom stereocenters. The Morgan fingerprint density at radius 1 is 1.26 bits per heavy atom. The number of nitrogens with zero attached hydrogens (tertiary/aromatic N) is 2. The molecule has 98 valence electrons. The summed E-state index contributed by atoms with van der Waals surface area (Å²) in [4.78, 5) is 0. The minimum absolute atomic E-state index is 0.389. The Morgan fingerprint density at radius 3 is 2.79 bits per heavy atom. The van der Waals surface area contributed by atoms with Gasteiger partial charge in [0.2, 0.25) is 0 Å². The van der Waals surface area contributed by atoms with E-state index in [-0.39, 0.29) is 0 Å². The van der Waals surface area contributed by atoms with Crippen LogP contribution in [0.2, 0.25) is 0 Å². The maximum absolute atomic E-state index is 4.88. The fourth-order valence-corrected chi connectivity index (χ4v) is 3.14. The summed E-state index contributed by atoms with van der Waals surface area (Å²) >= 11 is 0. The average Bonchev–Trinajstić information content (AvgIpc) is 3.02. The maximum Gasteiger partial charge on any atom is 0.125 e. The zero-order valence-electron chi connectivity index (χ0n) is 11.2. The van der Waals surface area contributed by atoms with Gasteiger partial charge in [-0.15, -0.1) is 0 Å². The molecule has 0 amide bonds. The van der Waals surface area contributed by atoms with Crippen LogP contribution in [0.5, 0.6) is 0 Å². The Balaban J connectivity index is 1.72. The summed E-state index contributed by atoms with van der Waals surface area (Å²) in [6, 6.07) is 13.4. The summed E-state index contributed by atoms with van der Waals surface area (Å²) < 4.78 is 2.19. The quantitative estimate of drug-likeness (QED) is 0.888. The Hall–Kier alpha value is -1.77. The van der Waals surface area contributed by atoms with Gasteiger partial charge in [-0.3, -0.25) is 0 Å². The normalized spacial score (nSPS) is 28.6. The number of nitrogens with one attached hydrogen (secondary N) is 1. The van der Waals surface area contributed by atoms with Crippen molar-refractivity contribution in [3.8, 4) is 0 Å². The lowest BCUT2D eigenvalue weighted by molar-refractivity contribution is 0.477. The van der Waals surface area contributed by atoms with E-state index < -0.39 is 0 Å². The number of benzene rings is 1. The van der Waals surface area contributed by atoms with E-state index in [0.717, 1.165) is 18.9 Å². The van der Waals surface area contributed by atoms with Gasteiger partial charge in [0, 0.05) is 18.5 Å². The van der Waals surface area contributed by atoms with Crippen molar-refractivity contribution >= 4 is 5.82 Å². The summed E-state index contributed by atoms with van der Waals surface area (Å²) in [7, 11) is 0. The predicted molar refractivity (Wildman–Crippen MR) is 76.4 cm³/mol. The van der Waals surface area contributed by atoms with Crippen LogP contribution in [-0.2, 0) is 0 Å². The van der Waals surface area contributed by atoms with Crippen molar-refractivity contribution in [1.82, 2.24) is 9.78 Å². The standard InChI is InChI=1S/C16H19N3/c1-11-9-13(11)14-10-16-17-8-7-15(19(16)18-14)12-5-3-2-4-6-12/h2-6,10-11,13,15,17H,7-9H2,1H3. The summed E-state index contributed by atoms with van der Waals surface area (Å²) in [5.41, 5.74) is 2.64. The van der Waals surface area contributed by atoms with Crippen molar-refractivity contribution in [3.63, 3.8) is 0 Å². The van der Waals surface area contributed by atoms with E-state index in [1.807, 2.05) is 0 Å². The highest BCUT2D eigenvalue weighted by molar-refractivity contribution is 5.43. The smallest absolute Gasteiger partial charge is 0.125 e. The molecular weight excluding hydrogens is 234 g/mol. The molecule has 3 heteroatoms. The van der Waals surface area contributed by atoms with Crippen molar-refractivity contribution in [2.24, 2.45) is 5.92 Å². The molecule has 1 aromatic heterocycles. The Kier molecular flexibility index (Phi) is 2.40. The van der Waals surface area contributed by atoms with Gasteiger partial charge in [-0.25, -0.2) is 4.68 Å². The molecule has 3 unspecified atom stereocenters. The molecule has 1 fully saturated rings. The minimum Gasteiger partial charge on any atom is -0.370 e. The van der Waals surface area contributed by atoms with E-state index in [4.69, 9.17) is 5.10 Å². The van der Waals surface area contributed by atoms with Gasteiger partial charge in [-0.05, 0) is 24.3 Å². The van der Waals surface area contributed by atoms with Gasteiger partial charge in [0.05, 0.1) is 11.7 Å². The Labute approximate surface area is 113 Å². The van der Waals surface area contributed by atoms with Crippen LogP contribution in [0.3, 0.4) is 0 Å². The van der Waals surface area contributed by atoms with Gasteiger partial charge in [0.1, 0.15) is 5.82 Å². The first-order chi connectivity index (χ1) is 9.33. The van der Waals surface area contributed by atoms with E-state index in [2.05, 4.69) is 53.3 Å². The third-order valence-corrected chi connectivity index (χ3v) is 4.45. The van der Waals surface area contributed by atoms with Crippen LogP contribution in [-0.4, -0.2) is 16.3 Å². The number of rotatable bonds is 2. The van der Waals surface area contributed by atoms with Crippen LogP contribution in [0.1, 0.15) is 43.0 Å². The first kappa shape index (κ1) is 11.1. The van der Waals surface area contributed by atoms with Crippen molar-refractivity contribution in [2.45, 2.75) is 31.7 Å². The zero-order chi connectivity index (χ0) is 12.8. The van der Waals surface area contributed by atoms with Gasteiger partial charge in [-0.2, -0.15) is 5.10 Å². The first-order valence-electron chi connectivity index (χ1n) is 7.21. The molecule has 1 saturated carbocycles. The number of hydrogen-bond acceptors (Lipinski definition) is 2. The van der Waals surface area contributed by atoms with Gasteiger partial charge in [-0.1, -0.05) is 37.3 Å². The van der Waals surface area contributed by atoms with Crippen LogP contribution in [0, 0.1) is 5.92 Å². The van der Waals surface area contributed by atoms with E-state index in [0.29, 0.717) is 12.0 Å². The molecule has 1 aliphatic carbocycles. The Morgan fingerprint density at radius 2 is 2.05 bits per heavy atom. The fourth-order valence-electron chi connectivity index (χ4n) is 3.14. The molecular formula is C16H19N3. The van der Waals surface area contributed by atoms with Crippen molar-refractivity contribution < 1.29 is 0 Å². The van der Waals surface area contributed by atoms with Gasteiger partial charge < -0.3 is 5.32 Å². The molecule has 1 N–H and O–H groups in total. The number of fused-ring (bicyclic) bond motifs is 1. The molecule has 3 nitrogen and oxygen atoms in total. The molecule has 0 spiro atoms. The van der Waals surface area contributed by atoms with Crippen molar-refractivity contribution in [3.05, 3.63) is 47.7 Å². The second-order valence-corrected chi connectivity index (χ2v) is 5.86. The second kappa shape index (κ2) is 4.12. The molecule has 0 bridgehead atoms. The van der Waals surface area contributed by atoms with Crippen LogP contribution in [0.15, 0.2) is 36.4 Å². The van der Waals surface area contributed by atoms with Crippen LogP contribution in [0.25, 0.3) is 0 Å². The zero-order valence-corrected chi connectivity index (χ0v) is 11.2. The molecule has 2 heterocycles. The summed E-state index contributed by atoms with van der Waals surface area (Å²) in [6.07, 6.45) is 2.41. The van der Waals surface area contributed by atoms with Crippen molar-refractivity contribution in [1.29, 1.82) is 0 Å². The molecule has 1 aliphatic heterocycles. The minimum atomic E-state index is 0.389. The SMILES string of the molecule is CC1CC1c1cc2n(n1)C(c1ccccc1)CCN2. The first-order valence-corrected chi connectivity index (χ1v) is 7.21.